The molecule has 0 amide bonds. The zero-order valence-electron chi connectivity index (χ0n) is 17.8. The Kier molecular flexibility index (Phi) is 6.74. The van der Waals surface area contributed by atoms with Crippen molar-refractivity contribution in [3.05, 3.63) is 41.0 Å². The Bertz CT molecular complexity index is 1050. The van der Waals surface area contributed by atoms with E-state index in [4.69, 9.17) is 10.3 Å². The third-order valence-electron chi connectivity index (χ3n) is 5.65. The van der Waals surface area contributed by atoms with Crippen LogP contribution >= 0.6 is 11.3 Å². The normalized spacial score (nSPS) is 16.8. The Balaban J connectivity index is 1.60. The third-order valence-corrected chi connectivity index (χ3v) is 6.81. The van der Waals surface area contributed by atoms with Gasteiger partial charge in [-0.05, 0) is 51.1 Å². The van der Waals surface area contributed by atoms with Crippen LogP contribution in [0.2, 0.25) is 0 Å². The highest BCUT2D eigenvalue weighted by Crippen LogP contribution is 2.41. The van der Waals surface area contributed by atoms with Gasteiger partial charge in [-0.1, -0.05) is 12.1 Å². The summed E-state index contributed by atoms with van der Waals surface area (Å²) in [5.74, 6) is 1.76. The van der Waals surface area contributed by atoms with E-state index in [1.165, 1.54) is 10.4 Å². The molecule has 0 fully saturated rings. The first-order valence-electron chi connectivity index (χ1n) is 10.5. The molecule has 31 heavy (non-hydrogen) atoms. The number of fused-ring (bicyclic) bond motifs is 3. The molecule has 0 radical (unpaired) electrons. The number of benzene rings is 1. The van der Waals surface area contributed by atoms with Gasteiger partial charge in [-0.3, -0.25) is 4.90 Å². The van der Waals surface area contributed by atoms with Gasteiger partial charge < -0.3 is 15.2 Å². The molecule has 3 aromatic rings. The molecule has 1 aliphatic carbocycles. The highest BCUT2D eigenvalue weighted by Gasteiger charge is 2.30. The van der Waals surface area contributed by atoms with Gasteiger partial charge in [0.1, 0.15) is 29.0 Å². The number of para-hydroxylation sites is 2. The number of anilines is 2. The predicted octanol–water partition coefficient (Wildman–Crippen LogP) is 4.22. The number of nitrogens with one attached hydrogen (secondary N) is 2. The van der Waals surface area contributed by atoms with E-state index >= 15 is 0 Å². The van der Waals surface area contributed by atoms with E-state index in [2.05, 4.69) is 20.4 Å². The van der Waals surface area contributed by atoms with Gasteiger partial charge in [-0.25, -0.2) is 15.5 Å². The van der Waals surface area contributed by atoms with Gasteiger partial charge >= 0.3 is 0 Å². The summed E-state index contributed by atoms with van der Waals surface area (Å²) in [6, 6.07) is 7.80. The topological polar surface area (TPSA) is 107 Å². The first-order valence-corrected chi connectivity index (χ1v) is 11.3. The highest BCUT2D eigenvalue weighted by atomic mass is 32.1. The maximum Gasteiger partial charge on any atom is 0.142 e. The summed E-state index contributed by atoms with van der Waals surface area (Å²) < 4.78 is 5.90. The van der Waals surface area contributed by atoms with Crippen molar-refractivity contribution in [1.29, 1.82) is 5.53 Å². The van der Waals surface area contributed by atoms with Crippen LogP contribution < -0.4 is 10.1 Å². The molecule has 0 bridgehead atoms. The van der Waals surface area contributed by atoms with Crippen LogP contribution in [-0.2, 0) is 12.8 Å². The SMILES string of the molecule is CN(C)C(O)C1CCc2c(sc3ncnc(Nc4ccccc4OCCCN=N)c23)C1. The molecule has 1 aliphatic rings. The fraction of sp³-hybridized carbons (Fsp3) is 0.455. The summed E-state index contributed by atoms with van der Waals surface area (Å²) in [4.78, 5) is 13.2. The number of thiophene rings is 1. The molecule has 2 atom stereocenters. The quantitative estimate of drug-likeness (QED) is 0.261. The number of aliphatic hydroxyl groups excluding tert-OH is 1. The molecule has 164 valence electrons. The van der Waals surface area contributed by atoms with Crippen LogP contribution in [-0.4, -0.2) is 53.4 Å². The number of ether oxygens (including phenoxy) is 1. The van der Waals surface area contributed by atoms with Crippen molar-refractivity contribution in [2.24, 2.45) is 11.0 Å². The predicted molar refractivity (Wildman–Crippen MR) is 122 cm³/mol. The van der Waals surface area contributed by atoms with Crippen molar-refractivity contribution in [1.82, 2.24) is 14.9 Å². The molecule has 0 saturated carbocycles. The zero-order valence-corrected chi connectivity index (χ0v) is 18.7. The van der Waals surface area contributed by atoms with Gasteiger partial charge in [0.2, 0.25) is 0 Å². The van der Waals surface area contributed by atoms with Crippen molar-refractivity contribution in [3.63, 3.8) is 0 Å². The van der Waals surface area contributed by atoms with Gasteiger partial charge in [-0.2, -0.15) is 5.11 Å². The molecular formula is C22H28N6O2S. The molecule has 4 rings (SSSR count). The lowest BCUT2D eigenvalue weighted by atomic mass is 9.86. The fourth-order valence-electron chi connectivity index (χ4n) is 4.06. The second-order valence-corrected chi connectivity index (χ2v) is 9.07. The van der Waals surface area contributed by atoms with Crippen molar-refractivity contribution in [3.8, 4) is 5.75 Å². The maximum atomic E-state index is 10.5. The molecule has 2 unspecified atom stereocenters. The van der Waals surface area contributed by atoms with Crippen LogP contribution in [0.25, 0.3) is 10.2 Å². The van der Waals surface area contributed by atoms with Crippen molar-refractivity contribution < 1.29 is 9.84 Å². The summed E-state index contributed by atoms with van der Waals surface area (Å²) >= 11 is 1.70. The smallest absolute Gasteiger partial charge is 0.142 e. The second-order valence-electron chi connectivity index (χ2n) is 7.99. The number of nitrogens with zero attached hydrogens (tertiary/aromatic N) is 4. The Hall–Kier alpha value is -2.62. The minimum absolute atomic E-state index is 0.226. The van der Waals surface area contributed by atoms with Crippen molar-refractivity contribution in [2.45, 2.75) is 31.9 Å². The number of rotatable bonds is 9. The van der Waals surface area contributed by atoms with Crippen molar-refractivity contribution in [2.75, 3.05) is 32.6 Å². The van der Waals surface area contributed by atoms with Gasteiger partial charge in [0.25, 0.3) is 0 Å². The molecule has 1 aromatic carbocycles. The number of aliphatic hydroxyl groups is 1. The lowest BCUT2D eigenvalue weighted by molar-refractivity contribution is -0.0142. The van der Waals surface area contributed by atoms with Gasteiger partial charge in [-0.15, -0.1) is 11.3 Å². The summed E-state index contributed by atoms with van der Waals surface area (Å²) in [6.45, 7) is 0.969. The minimum Gasteiger partial charge on any atom is -0.491 e. The number of aryl methyl sites for hydroxylation is 1. The Labute approximate surface area is 185 Å². The van der Waals surface area contributed by atoms with Crippen LogP contribution in [0.4, 0.5) is 11.5 Å². The molecule has 2 heterocycles. The minimum atomic E-state index is -0.436. The van der Waals surface area contributed by atoms with Crippen LogP contribution in [0.5, 0.6) is 5.75 Å². The number of hydrogen-bond donors (Lipinski definition) is 3. The lowest BCUT2D eigenvalue weighted by Crippen LogP contribution is -2.37. The van der Waals surface area contributed by atoms with E-state index in [0.29, 0.717) is 19.6 Å². The van der Waals surface area contributed by atoms with Crippen LogP contribution in [0.3, 0.4) is 0 Å². The summed E-state index contributed by atoms with van der Waals surface area (Å²) in [7, 11) is 3.83. The highest BCUT2D eigenvalue weighted by molar-refractivity contribution is 7.19. The van der Waals surface area contributed by atoms with E-state index in [0.717, 1.165) is 46.7 Å². The van der Waals surface area contributed by atoms with Gasteiger partial charge in [0.15, 0.2) is 0 Å². The number of aromatic nitrogens is 2. The van der Waals surface area contributed by atoms with Crippen LogP contribution in [0.1, 0.15) is 23.3 Å². The maximum absolute atomic E-state index is 10.5. The molecule has 3 N–H and O–H groups in total. The fourth-order valence-corrected chi connectivity index (χ4v) is 5.34. The van der Waals surface area contributed by atoms with E-state index in [9.17, 15) is 5.11 Å². The van der Waals surface area contributed by atoms with Crippen LogP contribution in [0.15, 0.2) is 35.7 Å². The van der Waals surface area contributed by atoms with Gasteiger partial charge in [0, 0.05) is 17.2 Å². The zero-order chi connectivity index (χ0) is 21.8. The molecule has 0 spiro atoms. The van der Waals surface area contributed by atoms with E-state index in [1.54, 1.807) is 17.7 Å². The van der Waals surface area contributed by atoms with Gasteiger partial charge in [0.05, 0.1) is 24.2 Å². The Morgan fingerprint density at radius 2 is 2.19 bits per heavy atom. The van der Waals surface area contributed by atoms with E-state index in [1.807, 2.05) is 43.3 Å². The lowest BCUT2D eigenvalue weighted by Gasteiger charge is -2.30. The molecular weight excluding hydrogens is 412 g/mol. The summed E-state index contributed by atoms with van der Waals surface area (Å²) in [6.07, 6.45) is 4.56. The molecule has 8 nitrogen and oxygen atoms in total. The molecule has 2 aromatic heterocycles. The summed E-state index contributed by atoms with van der Waals surface area (Å²) in [5.41, 5.74) is 9.04. The van der Waals surface area contributed by atoms with E-state index < -0.39 is 6.23 Å². The Morgan fingerprint density at radius 1 is 1.35 bits per heavy atom. The largest absolute Gasteiger partial charge is 0.491 e. The second kappa shape index (κ2) is 9.67. The van der Waals surface area contributed by atoms with Crippen molar-refractivity contribution >= 4 is 33.1 Å². The first-order chi connectivity index (χ1) is 15.1. The molecule has 0 saturated heterocycles. The average molecular weight is 441 g/mol. The molecule has 9 heteroatoms. The summed E-state index contributed by atoms with van der Waals surface area (Å²) in [5, 5.41) is 18.4. The average Bonchev–Trinajstić information content (AvgIpc) is 3.16. The van der Waals surface area contributed by atoms with E-state index in [-0.39, 0.29) is 5.92 Å². The monoisotopic (exact) mass is 440 g/mol. The standard InChI is InChI=1S/C22H28N6O2S/c1-28(2)22(29)14-8-9-15-18(12-14)31-21-19(15)20(24-13-25-21)27-16-6-3-4-7-17(16)30-11-5-10-26-23/h3-4,6-7,13-14,22-23,29H,5,8-12H2,1-2H3,(H,24,25,27). The first kappa shape index (κ1) is 21.6. The Morgan fingerprint density at radius 3 is 3.00 bits per heavy atom. The third kappa shape index (κ3) is 4.68. The molecule has 0 aliphatic heterocycles. The van der Waals surface area contributed by atoms with Crippen LogP contribution in [0, 0.1) is 11.4 Å². The number of hydrogen-bond acceptors (Lipinski definition) is 9.